The third kappa shape index (κ3) is 6.33. The molecule has 0 aliphatic carbocycles. The number of para-hydroxylation sites is 2. The summed E-state index contributed by atoms with van der Waals surface area (Å²) in [6, 6.07) is 39.9. The van der Waals surface area contributed by atoms with Crippen LogP contribution < -0.4 is 20.4 Å². The fraction of sp³-hybridized carbons (Fsp3) is 0.114. The number of rotatable bonds is 10. The van der Waals surface area contributed by atoms with Crippen molar-refractivity contribution in [2.24, 2.45) is 0 Å². The summed E-state index contributed by atoms with van der Waals surface area (Å²) in [5.41, 5.74) is 7.13. The van der Waals surface area contributed by atoms with Crippen molar-refractivity contribution in [1.82, 2.24) is 10.3 Å². The van der Waals surface area contributed by atoms with Gasteiger partial charge in [-0.3, -0.25) is 0 Å². The van der Waals surface area contributed by atoms with Crippen LogP contribution in [0.4, 0.5) is 34.5 Å². The fourth-order valence-corrected chi connectivity index (χ4v) is 5.26. The van der Waals surface area contributed by atoms with Gasteiger partial charge in [0.25, 0.3) is 0 Å². The Bertz CT molecular complexity index is 1840. The highest BCUT2D eigenvalue weighted by Crippen LogP contribution is 2.35. The molecule has 0 bridgehead atoms. The molecule has 44 heavy (non-hydrogen) atoms. The van der Waals surface area contributed by atoms with Crippen molar-refractivity contribution in [3.8, 4) is 22.5 Å². The van der Waals surface area contributed by atoms with Crippen LogP contribution in [0.5, 0.6) is 0 Å². The third-order valence-corrected chi connectivity index (χ3v) is 7.36. The first-order valence-electron chi connectivity index (χ1n) is 14.5. The minimum atomic E-state index is 0.460. The summed E-state index contributed by atoms with van der Waals surface area (Å²) in [6.45, 7) is 5.51. The van der Waals surface area contributed by atoms with Crippen molar-refractivity contribution in [3.63, 3.8) is 0 Å². The maximum absolute atomic E-state index is 5.77. The summed E-state index contributed by atoms with van der Waals surface area (Å²) in [6.07, 6.45) is 0. The predicted molar refractivity (Wildman–Crippen MR) is 182 cm³/mol. The van der Waals surface area contributed by atoms with Gasteiger partial charge in [0.1, 0.15) is 11.4 Å². The van der Waals surface area contributed by atoms with Crippen LogP contribution >= 0.6 is 12.2 Å². The van der Waals surface area contributed by atoms with Crippen molar-refractivity contribution >= 4 is 51.8 Å². The number of nitrogens with one attached hydrogen (secondary N) is 2. The molecule has 9 heteroatoms. The molecule has 2 aromatic heterocycles. The van der Waals surface area contributed by atoms with Gasteiger partial charge in [0.15, 0.2) is 5.11 Å². The number of anilines is 6. The van der Waals surface area contributed by atoms with Crippen molar-refractivity contribution < 1.29 is 9.05 Å². The highest BCUT2D eigenvalue weighted by Gasteiger charge is 2.18. The SMILES string of the molecule is CCN(c1cccc(NC(=S)Nc2ccccc2N(CC)c2cc(-c3ccccc3)no2)c1)c1cc(-c2ccccc2)no1. The lowest BCUT2D eigenvalue weighted by atomic mass is 10.1. The summed E-state index contributed by atoms with van der Waals surface area (Å²) in [7, 11) is 0. The number of hydrogen-bond donors (Lipinski definition) is 2. The molecule has 6 rings (SSSR count). The minimum Gasteiger partial charge on any atom is -0.338 e. The van der Waals surface area contributed by atoms with Crippen molar-refractivity contribution in [2.75, 3.05) is 33.5 Å². The molecule has 0 fully saturated rings. The van der Waals surface area contributed by atoms with E-state index in [-0.39, 0.29) is 0 Å². The quantitative estimate of drug-likeness (QED) is 0.150. The Morgan fingerprint density at radius 3 is 1.82 bits per heavy atom. The Morgan fingerprint density at radius 1 is 0.636 bits per heavy atom. The van der Waals surface area contributed by atoms with Crippen LogP contribution in [-0.4, -0.2) is 28.5 Å². The first-order chi connectivity index (χ1) is 21.6. The first-order valence-corrected chi connectivity index (χ1v) is 14.9. The zero-order valence-corrected chi connectivity index (χ0v) is 25.3. The van der Waals surface area contributed by atoms with Crippen LogP contribution in [-0.2, 0) is 0 Å². The first kappa shape index (κ1) is 28.7. The zero-order valence-electron chi connectivity index (χ0n) is 24.5. The lowest BCUT2D eigenvalue weighted by Gasteiger charge is -2.23. The van der Waals surface area contributed by atoms with Crippen LogP contribution in [0, 0.1) is 0 Å². The molecule has 8 nitrogen and oxygen atoms in total. The Kier molecular flexibility index (Phi) is 8.65. The van der Waals surface area contributed by atoms with Gasteiger partial charge in [0.2, 0.25) is 11.8 Å². The molecule has 0 aliphatic heterocycles. The summed E-state index contributed by atoms with van der Waals surface area (Å²) in [5, 5.41) is 15.8. The van der Waals surface area contributed by atoms with Gasteiger partial charge in [-0.1, -0.05) is 89.2 Å². The van der Waals surface area contributed by atoms with Gasteiger partial charge in [-0.15, -0.1) is 0 Å². The monoisotopic (exact) mass is 600 g/mol. The number of hydrogen-bond acceptors (Lipinski definition) is 7. The highest BCUT2D eigenvalue weighted by atomic mass is 32.1. The largest absolute Gasteiger partial charge is 0.338 e. The molecule has 0 saturated carbocycles. The van der Waals surface area contributed by atoms with Gasteiger partial charge in [-0.05, 0) is 56.4 Å². The van der Waals surface area contributed by atoms with E-state index in [4.69, 9.17) is 21.3 Å². The van der Waals surface area contributed by atoms with Gasteiger partial charge >= 0.3 is 0 Å². The summed E-state index contributed by atoms with van der Waals surface area (Å²) in [5.74, 6) is 1.32. The highest BCUT2D eigenvalue weighted by molar-refractivity contribution is 7.80. The molecule has 0 aliphatic rings. The smallest absolute Gasteiger partial charge is 0.232 e. The molecule has 0 saturated heterocycles. The van der Waals surface area contributed by atoms with Gasteiger partial charge in [-0.2, -0.15) is 0 Å². The summed E-state index contributed by atoms with van der Waals surface area (Å²) >= 11 is 5.75. The van der Waals surface area contributed by atoms with E-state index in [9.17, 15) is 0 Å². The van der Waals surface area contributed by atoms with Gasteiger partial charge in [0, 0.05) is 47.7 Å². The van der Waals surface area contributed by atoms with Gasteiger partial charge in [0.05, 0.1) is 11.4 Å². The van der Waals surface area contributed by atoms with E-state index in [2.05, 4.69) is 44.6 Å². The second kappa shape index (κ2) is 13.3. The number of benzene rings is 4. The number of thiocarbonyl (C=S) groups is 1. The molecular weight excluding hydrogens is 568 g/mol. The summed E-state index contributed by atoms with van der Waals surface area (Å²) < 4.78 is 11.5. The second-order valence-electron chi connectivity index (χ2n) is 9.97. The van der Waals surface area contributed by atoms with Gasteiger partial charge in [-0.25, -0.2) is 0 Å². The molecular formula is C35H32N6O2S. The maximum atomic E-state index is 5.77. The van der Waals surface area contributed by atoms with E-state index in [1.54, 1.807) is 0 Å². The topological polar surface area (TPSA) is 82.6 Å². The standard InChI is InChI=1S/C35H32N6O2S/c1-3-40(33-23-30(38-42-33)25-14-7-5-8-15-25)28-19-13-18-27(22-28)36-35(44)37-29-20-11-12-21-32(29)41(4-2)34-24-31(39-43-34)26-16-9-6-10-17-26/h5-24H,3-4H2,1-2H3,(H2,36,37,44). The van der Waals surface area contributed by atoms with E-state index in [1.165, 1.54) is 0 Å². The Labute approximate surface area is 261 Å². The molecule has 220 valence electrons. The lowest BCUT2D eigenvalue weighted by Crippen LogP contribution is -2.23. The molecule has 0 amide bonds. The molecule has 2 heterocycles. The molecule has 2 N–H and O–H groups in total. The number of nitrogens with zero attached hydrogens (tertiary/aromatic N) is 4. The van der Waals surface area contributed by atoms with Crippen LogP contribution in [0.2, 0.25) is 0 Å². The molecule has 6 aromatic rings. The lowest BCUT2D eigenvalue weighted by molar-refractivity contribution is 0.426. The average Bonchev–Trinajstić information content (AvgIpc) is 3.75. The molecule has 0 spiro atoms. The van der Waals surface area contributed by atoms with Crippen LogP contribution in [0.25, 0.3) is 22.5 Å². The van der Waals surface area contributed by atoms with Crippen molar-refractivity contribution in [2.45, 2.75) is 13.8 Å². The van der Waals surface area contributed by atoms with E-state index in [1.807, 2.05) is 121 Å². The molecule has 0 atom stereocenters. The normalized spacial score (nSPS) is 10.8. The predicted octanol–water partition coefficient (Wildman–Crippen LogP) is 9.12. The number of aromatic nitrogens is 2. The molecule has 4 aromatic carbocycles. The van der Waals surface area contributed by atoms with E-state index < -0.39 is 0 Å². The van der Waals surface area contributed by atoms with Crippen molar-refractivity contribution in [3.05, 3.63) is 121 Å². The van der Waals surface area contributed by atoms with Crippen LogP contribution in [0.15, 0.2) is 130 Å². The van der Waals surface area contributed by atoms with Crippen LogP contribution in [0.1, 0.15) is 13.8 Å². The second-order valence-corrected chi connectivity index (χ2v) is 10.4. The maximum Gasteiger partial charge on any atom is 0.232 e. The Morgan fingerprint density at radius 2 is 1.20 bits per heavy atom. The van der Waals surface area contributed by atoms with E-state index in [0.717, 1.165) is 45.3 Å². The Balaban J connectivity index is 1.17. The van der Waals surface area contributed by atoms with Crippen LogP contribution in [0.3, 0.4) is 0 Å². The van der Waals surface area contributed by atoms with Gasteiger partial charge < -0.3 is 29.5 Å². The van der Waals surface area contributed by atoms with E-state index in [0.29, 0.717) is 30.0 Å². The zero-order chi connectivity index (χ0) is 30.3. The fourth-order valence-electron chi connectivity index (χ4n) is 5.04. The minimum absolute atomic E-state index is 0.460. The molecule has 0 radical (unpaired) electrons. The van der Waals surface area contributed by atoms with E-state index >= 15 is 0 Å². The summed E-state index contributed by atoms with van der Waals surface area (Å²) in [4.78, 5) is 4.13. The molecule has 0 unspecified atom stereocenters. The third-order valence-electron chi connectivity index (χ3n) is 7.16. The van der Waals surface area contributed by atoms with Crippen molar-refractivity contribution in [1.29, 1.82) is 0 Å². The Hall–Kier alpha value is -5.41. The average molecular weight is 601 g/mol.